The van der Waals surface area contributed by atoms with Crippen LogP contribution in [-0.4, -0.2) is 17.7 Å². The molecular weight excluding hydrogens is 264 g/mol. The van der Waals surface area contributed by atoms with Crippen LogP contribution in [0, 0.1) is 11.3 Å². The second-order valence-corrected chi connectivity index (χ2v) is 6.45. The van der Waals surface area contributed by atoms with E-state index in [1.54, 1.807) is 17.0 Å². The first-order valence-electron chi connectivity index (χ1n) is 7.43. The molecule has 1 amide bonds. The van der Waals surface area contributed by atoms with E-state index >= 15 is 0 Å². The third-order valence-corrected chi connectivity index (χ3v) is 3.55. The van der Waals surface area contributed by atoms with Gasteiger partial charge in [0, 0.05) is 11.7 Å². The average molecular weight is 286 g/mol. The Labute approximate surface area is 126 Å². The predicted molar refractivity (Wildman–Crippen MR) is 82.1 cm³/mol. The molecule has 0 spiro atoms. The van der Waals surface area contributed by atoms with E-state index in [0.717, 1.165) is 31.4 Å². The molecule has 0 N–H and O–H groups in total. The molecule has 0 bridgehead atoms. The van der Waals surface area contributed by atoms with Gasteiger partial charge in [-0.1, -0.05) is 12.8 Å². The summed E-state index contributed by atoms with van der Waals surface area (Å²) in [6.45, 7) is 5.61. The van der Waals surface area contributed by atoms with Crippen molar-refractivity contribution in [3.63, 3.8) is 0 Å². The van der Waals surface area contributed by atoms with Crippen LogP contribution in [0.25, 0.3) is 0 Å². The van der Waals surface area contributed by atoms with Crippen molar-refractivity contribution in [1.82, 2.24) is 0 Å². The number of carbonyl (C=O) groups is 1. The number of anilines is 1. The first-order valence-corrected chi connectivity index (χ1v) is 7.43. The van der Waals surface area contributed by atoms with E-state index in [1.165, 1.54) is 0 Å². The molecule has 0 saturated heterocycles. The molecule has 0 radical (unpaired) electrons. The molecule has 4 heteroatoms. The van der Waals surface area contributed by atoms with Gasteiger partial charge in [-0.2, -0.15) is 5.26 Å². The number of ether oxygens (including phenoxy) is 1. The summed E-state index contributed by atoms with van der Waals surface area (Å²) in [6, 6.07) is 9.40. The highest BCUT2D eigenvalue weighted by Crippen LogP contribution is 2.30. The number of benzene rings is 1. The van der Waals surface area contributed by atoms with Gasteiger partial charge in [0.2, 0.25) is 0 Å². The third-order valence-electron chi connectivity index (χ3n) is 3.55. The molecule has 0 aromatic heterocycles. The van der Waals surface area contributed by atoms with Gasteiger partial charge in [-0.25, -0.2) is 4.79 Å². The highest BCUT2D eigenvalue weighted by Gasteiger charge is 2.31. The SMILES string of the molecule is CC(C)(C)OC(=O)N(c1ccc(C#N)cc1)C1CCCC1. The van der Waals surface area contributed by atoms with Crippen LogP contribution in [-0.2, 0) is 4.74 Å². The van der Waals surface area contributed by atoms with Gasteiger partial charge < -0.3 is 4.74 Å². The van der Waals surface area contributed by atoms with E-state index in [-0.39, 0.29) is 12.1 Å². The van der Waals surface area contributed by atoms with Crippen LogP contribution in [0.1, 0.15) is 52.0 Å². The number of hydrogen-bond acceptors (Lipinski definition) is 3. The number of carbonyl (C=O) groups excluding carboxylic acids is 1. The number of rotatable bonds is 2. The lowest BCUT2D eigenvalue weighted by Crippen LogP contribution is -2.42. The zero-order valence-corrected chi connectivity index (χ0v) is 12.9. The zero-order chi connectivity index (χ0) is 15.5. The molecule has 0 aliphatic heterocycles. The molecule has 21 heavy (non-hydrogen) atoms. The van der Waals surface area contributed by atoms with Crippen LogP contribution in [0.3, 0.4) is 0 Å². The zero-order valence-electron chi connectivity index (χ0n) is 12.9. The van der Waals surface area contributed by atoms with Gasteiger partial charge in [0.25, 0.3) is 0 Å². The molecule has 112 valence electrons. The fourth-order valence-corrected chi connectivity index (χ4v) is 2.64. The minimum atomic E-state index is -0.513. The van der Waals surface area contributed by atoms with Crippen molar-refractivity contribution in [1.29, 1.82) is 5.26 Å². The lowest BCUT2D eigenvalue weighted by atomic mass is 10.1. The van der Waals surface area contributed by atoms with Gasteiger partial charge in [0.15, 0.2) is 0 Å². The molecule has 2 rings (SSSR count). The first-order chi connectivity index (χ1) is 9.90. The monoisotopic (exact) mass is 286 g/mol. The van der Waals surface area contributed by atoms with Crippen molar-refractivity contribution in [2.75, 3.05) is 4.90 Å². The maximum absolute atomic E-state index is 12.5. The number of hydrogen-bond donors (Lipinski definition) is 0. The summed E-state index contributed by atoms with van der Waals surface area (Å²) in [5, 5.41) is 8.89. The molecule has 1 aromatic carbocycles. The Hall–Kier alpha value is -2.02. The molecular formula is C17H22N2O2. The average Bonchev–Trinajstić information content (AvgIpc) is 2.91. The highest BCUT2D eigenvalue weighted by molar-refractivity contribution is 5.88. The number of nitrogens with zero attached hydrogens (tertiary/aromatic N) is 2. The van der Waals surface area contributed by atoms with Crippen molar-refractivity contribution in [2.24, 2.45) is 0 Å². The maximum Gasteiger partial charge on any atom is 0.415 e. The van der Waals surface area contributed by atoms with Crippen LogP contribution in [0.15, 0.2) is 24.3 Å². The predicted octanol–water partition coefficient (Wildman–Crippen LogP) is 4.24. The van der Waals surface area contributed by atoms with Gasteiger partial charge >= 0.3 is 6.09 Å². The molecule has 0 atom stereocenters. The molecule has 1 aromatic rings. The van der Waals surface area contributed by atoms with E-state index < -0.39 is 5.60 Å². The summed E-state index contributed by atoms with van der Waals surface area (Å²) in [5.74, 6) is 0. The number of nitriles is 1. The highest BCUT2D eigenvalue weighted by atomic mass is 16.6. The lowest BCUT2D eigenvalue weighted by Gasteiger charge is -2.31. The lowest BCUT2D eigenvalue weighted by molar-refractivity contribution is 0.0566. The Morgan fingerprint density at radius 1 is 1.24 bits per heavy atom. The van der Waals surface area contributed by atoms with Crippen LogP contribution in [0.5, 0.6) is 0 Å². The summed E-state index contributed by atoms with van der Waals surface area (Å²) < 4.78 is 5.55. The maximum atomic E-state index is 12.5. The van der Waals surface area contributed by atoms with E-state index in [9.17, 15) is 4.79 Å². The van der Waals surface area contributed by atoms with Crippen LogP contribution in [0.4, 0.5) is 10.5 Å². The van der Waals surface area contributed by atoms with E-state index in [2.05, 4.69) is 6.07 Å². The van der Waals surface area contributed by atoms with Crippen LogP contribution < -0.4 is 4.90 Å². The molecule has 1 aliphatic rings. The van der Waals surface area contributed by atoms with Gasteiger partial charge in [-0.15, -0.1) is 0 Å². The Morgan fingerprint density at radius 3 is 2.29 bits per heavy atom. The van der Waals surface area contributed by atoms with Crippen molar-refractivity contribution in [3.05, 3.63) is 29.8 Å². The Bertz CT molecular complexity index is 531. The Kier molecular flexibility index (Phi) is 4.52. The van der Waals surface area contributed by atoms with E-state index in [0.29, 0.717) is 5.56 Å². The summed E-state index contributed by atoms with van der Waals surface area (Å²) >= 11 is 0. The minimum Gasteiger partial charge on any atom is -0.443 e. The largest absolute Gasteiger partial charge is 0.443 e. The molecule has 4 nitrogen and oxygen atoms in total. The van der Waals surface area contributed by atoms with Gasteiger partial charge in [-0.05, 0) is 57.9 Å². The molecule has 0 unspecified atom stereocenters. The topological polar surface area (TPSA) is 53.3 Å². The van der Waals surface area contributed by atoms with Crippen molar-refractivity contribution < 1.29 is 9.53 Å². The Morgan fingerprint density at radius 2 is 1.81 bits per heavy atom. The summed E-state index contributed by atoms with van der Waals surface area (Å²) in [5.41, 5.74) is 0.880. The fourth-order valence-electron chi connectivity index (χ4n) is 2.64. The quantitative estimate of drug-likeness (QED) is 0.817. The molecule has 0 heterocycles. The van der Waals surface area contributed by atoms with Crippen LogP contribution >= 0.6 is 0 Å². The van der Waals surface area contributed by atoms with Crippen molar-refractivity contribution in [3.8, 4) is 6.07 Å². The summed E-state index contributed by atoms with van der Waals surface area (Å²) in [7, 11) is 0. The van der Waals surface area contributed by atoms with E-state index in [4.69, 9.17) is 10.00 Å². The third kappa shape index (κ3) is 3.98. The minimum absolute atomic E-state index is 0.188. The summed E-state index contributed by atoms with van der Waals surface area (Å²) in [6.07, 6.45) is 3.97. The van der Waals surface area contributed by atoms with Gasteiger partial charge in [0.05, 0.1) is 11.6 Å². The van der Waals surface area contributed by atoms with Gasteiger partial charge in [-0.3, -0.25) is 4.90 Å². The summed E-state index contributed by atoms with van der Waals surface area (Å²) in [4.78, 5) is 14.3. The fraction of sp³-hybridized carbons (Fsp3) is 0.529. The molecule has 1 aliphatic carbocycles. The van der Waals surface area contributed by atoms with Crippen LogP contribution in [0.2, 0.25) is 0 Å². The van der Waals surface area contributed by atoms with Gasteiger partial charge in [0.1, 0.15) is 5.60 Å². The van der Waals surface area contributed by atoms with E-state index in [1.807, 2.05) is 32.9 Å². The van der Waals surface area contributed by atoms with Crippen molar-refractivity contribution in [2.45, 2.75) is 58.1 Å². The normalized spacial score (nSPS) is 15.5. The standard InChI is InChI=1S/C17H22N2O2/c1-17(2,3)21-16(20)19(14-6-4-5-7-14)15-10-8-13(12-18)9-11-15/h8-11,14H,4-7H2,1-3H3. The van der Waals surface area contributed by atoms with Crippen molar-refractivity contribution >= 4 is 11.8 Å². The first kappa shape index (κ1) is 15.4. The molecule has 1 saturated carbocycles. The number of amides is 1. The second kappa shape index (κ2) is 6.17. The Balaban J connectivity index is 2.26. The molecule has 1 fully saturated rings. The smallest absolute Gasteiger partial charge is 0.415 e. The second-order valence-electron chi connectivity index (χ2n) is 6.45.